The van der Waals surface area contributed by atoms with Gasteiger partial charge in [0.05, 0.1) is 11.4 Å². The number of benzene rings is 1. The number of nitrogens with one attached hydrogen (secondary N) is 1. The summed E-state index contributed by atoms with van der Waals surface area (Å²) in [6, 6.07) is 13.0. The molecule has 0 radical (unpaired) electrons. The number of anilines is 1. The molecule has 0 unspecified atom stereocenters. The molecule has 0 saturated heterocycles. The van der Waals surface area contributed by atoms with E-state index in [1.807, 2.05) is 37.3 Å². The zero-order chi connectivity index (χ0) is 17.3. The smallest absolute Gasteiger partial charge is 0.250 e. The molecule has 0 amide bonds. The van der Waals surface area contributed by atoms with Gasteiger partial charge in [0.15, 0.2) is 5.11 Å². The molecule has 122 valence electrons. The Morgan fingerprint density at radius 3 is 2.54 bits per heavy atom. The molecular weight excluding hydrogens is 322 g/mol. The van der Waals surface area contributed by atoms with E-state index in [4.69, 9.17) is 23.1 Å². The predicted molar refractivity (Wildman–Crippen MR) is 99.4 cm³/mol. The Labute approximate surface area is 144 Å². The maximum absolute atomic E-state index is 11.6. The van der Waals surface area contributed by atoms with Crippen LogP contribution in [0.3, 0.4) is 0 Å². The number of aromatic nitrogens is 3. The molecule has 2 heterocycles. The molecule has 3 rings (SSSR count). The monoisotopic (exact) mass is 339 g/mol. The molecule has 0 aliphatic heterocycles. The fraction of sp³-hybridized carbons (Fsp3) is 0.118. The highest BCUT2D eigenvalue weighted by Crippen LogP contribution is 2.29. The van der Waals surface area contributed by atoms with Crippen LogP contribution in [0.15, 0.2) is 53.5 Å². The Bertz CT molecular complexity index is 959. The van der Waals surface area contributed by atoms with Crippen molar-refractivity contribution >= 4 is 23.1 Å². The summed E-state index contributed by atoms with van der Waals surface area (Å²) in [4.78, 5) is 11.6. The fourth-order valence-corrected chi connectivity index (χ4v) is 2.62. The first-order valence-electron chi connectivity index (χ1n) is 7.36. The number of rotatable bonds is 3. The zero-order valence-electron chi connectivity index (χ0n) is 13.4. The van der Waals surface area contributed by atoms with Crippen LogP contribution in [0.5, 0.6) is 0 Å². The van der Waals surface area contributed by atoms with E-state index in [9.17, 15) is 4.79 Å². The van der Waals surface area contributed by atoms with Crippen molar-refractivity contribution in [1.29, 1.82) is 0 Å². The van der Waals surface area contributed by atoms with Gasteiger partial charge in [0.25, 0.3) is 0 Å². The third-order valence-corrected chi connectivity index (χ3v) is 3.83. The second-order valence-electron chi connectivity index (χ2n) is 5.43. The summed E-state index contributed by atoms with van der Waals surface area (Å²) in [6.45, 7) is 1.94. The van der Waals surface area contributed by atoms with Crippen molar-refractivity contribution in [1.82, 2.24) is 14.3 Å². The number of thiocarbonyl (C=S) groups is 1. The number of aryl methyl sites for hydroxylation is 1. The van der Waals surface area contributed by atoms with E-state index >= 15 is 0 Å². The molecule has 0 saturated carbocycles. The van der Waals surface area contributed by atoms with Crippen LogP contribution in [-0.4, -0.2) is 19.5 Å². The van der Waals surface area contributed by atoms with Crippen molar-refractivity contribution < 1.29 is 0 Å². The minimum Gasteiger partial charge on any atom is -0.376 e. The highest BCUT2D eigenvalue weighted by molar-refractivity contribution is 7.80. The van der Waals surface area contributed by atoms with Crippen molar-refractivity contribution in [3.63, 3.8) is 0 Å². The Hall–Kier alpha value is -2.93. The van der Waals surface area contributed by atoms with Crippen LogP contribution in [0.2, 0.25) is 0 Å². The molecule has 0 fully saturated rings. The second-order valence-corrected chi connectivity index (χ2v) is 5.87. The normalized spacial score (nSPS) is 10.6. The van der Waals surface area contributed by atoms with E-state index in [1.165, 1.54) is 10.6 Å². The Morgan fingerprint density at radius 2 is 1.92 bits per heavy atom. The molecule has 24 heavy (non-hydrogen) atoms. The predicted octanol–water partition coefficient (Wildman–Crippen LogP) is 2.20. The topological polar surface area (TPSA) is 77.9 Å². The van der Waals surface area contributed by atoms with E-state index in [1.54, 1.807) is 24.0 Å². The lowest BCUT2D eigenvalue weighted by atomic mass is 10.1. The van der Waals surface area contributed by atoms with Gasteiger partial charge in [0.2, 0.25) is 5.56 Å². The van der Waals surface area contributed by atoms with Gasteiger partial charge in [0.1, 0.15) is 5.82 Å². The summed E-state index contributed by atoms with van der Waals surface area (Å²) in [7, 11) is 1.71. The maximum Gasteiger partial charge on any atom is 0.250 e. The Kier molecular flexibility index (Phi) is 4.18. The van der Waals surface area contributed by atoms with Gasteiger partial charge in [-0.1, -0.05) is 18.2 Å². The van der Waals surface area contributed by atoms with Crippen LogP contribution in [0.1, 0.15) is 5.56 Å². The number of hydrogen-bond acceptors (Lipinski definition) is 3. The summed E-state index contributed by atoms with van der Waals surface area (Å²) in [6.07, 6.45) is 1.76. The lowest BCUT2D eigenvalue weighted by Crippen LogP contribution is -2.21. The highest BCUT2D eigenvalue weighted by atomic mass is 32.1. The van der Waals surface area contributed by atoms with Gasteiger partial charge in [-0.3, -0.25) is 4.79 Å². The first-order chi connectivity index (χ1) is 11.5. The molecule has 3 N–H and O–H groups in total. The first-order valence-corrected chi connectivity index (χ1v) is 7.77. The van der Waals surface area contributed by atoms with E-state index in [-0.39, 0.29) is 10.7 Å². The van der Waals surface area contributed by atoms with Crippen LogP contribution in [0, 0.1) is 6.92 Å². The van der Waals surface area contributed by atoms with Crippen LogP contribution in [0.25, 0.3) is 16.9 Å². The quantitative estimate of drug-likeness (QED) is 0.715. The summed E-state index contributed by atoms with van der Waals surface area (Å²) in [5.41, 5.74) is 8.98. The van der Waals surface area contributed by atoms with Gasteiger partial charge in [-0.2, -0.15) is 5.10 Å². The Morgan fingerprint density at radius 1 is 1.21 bits per heavy atom. The van der Waals surface area contributed by atoms with Crippen LogP contribution >= 0.6 is 12.2 Å². The van der Waals surface area contributed by atoms with E-state index in [0.29, 0.717) is 5.82 Å². The maximum atomic E-state index is 11.6. The molecule has 1 aromatic carbocycles. The average Bonchev–Trinajstić information content (AvgIpc) is 2.87. The molecule has 0 spiro atoms. The van der Waals surface area contributed by atoms with E-state index in [2.05, 4.69) is 5.32 Å². The average molecular weight is 339 g/mol. The molecule has 6 nitrogen and oxygen atoms in total. The minimum absolute atomic E-state index is 0.0691. The SMILES string of the molecule is Cc1c(-c2ccc(=O)n(C)c2)nn(-c2ccccc2)c1NC(N)=S. The molecule has 7 heteroatoms. The third kappa shape index (κ3) is 2.93. The standard InChI is InChI=1S/C17H17N5OS/c1-11-15(12-8-9-14(23)21(2)10-12)20-22(16(11)19-17(18)24)13-6-4-3-5-7-13/h3-10H,1-2H3,(H3,18,19,24). The minimum atomic E-state index is -0.0691. The van der Waals surface area contributed by atoms with Gasteiger partial charge in [-0.05, 0) is 37.3 Å². The van der Waals surface area contributed by atoms with Gasteiger partial charge in [0, 0.05) is 30.4 Å². The number of nitrogens with zero attached hydrogens (tertiary/aromatic N) is 3. The number of hydrogen-bond donors (Lipinski definition) is 2. The third-order valence-electron chi connectivity index (χ3n) is 3.72. The van der Waals surface area contributed by atoms with Gasteiger partial charge in [-0.15, -0.1) is 0 Å². The zero-order valence-corrected chi connectivity index (χ0v) is 14.2. The summed E-state index contributed by atoms with van der Waals surface area (Å²) < 4.78 is 3.28. The molecule has 0 atom stereocenters. The summed E-state index contributed by atoms with van der Waals surface area (Å²) >= 11 is 4.99. The lowest BCUT2D eigenvalue weighted by molar-refractivity contribution is 0.856. The summed E-state index contributed by atoms with van der Waals surface area (Å²) in [5.74, 6) is 0.706. The number of nitrogens with two attached hydrogens (primary N) is 1. The van der Waals surface area contributed by atoms with Crippen LogP contribution in [0.4, 0.5) is 5.82 Å². The molecule has 3 aromatic rings. The molecular formula is C17H17N5OS. The highest BCUT2D eigenvalue weighted by Gasteiger charge is 2.17. The van der Waals surface area contributed by atoms with Crippen molar-refractivity contribution in [2.75, 3.05) is 5.32 Å². The number of para-hydroxylation sites is 1. The molecule has 0 aliphatic rings. The summed E-state index contributed by atoms with van der Waals surface area (Å²) in [5, 5.41) is 7.86. The van der Waals surface area contributed by atoms with E-state index < -0.39 is 0 Å². The van der Waals surface area contributed by atoms with Gasteiger partial charge in [-0.25, -0.2) is 4.68 Å². The molecule has 0 aliphatic carbocycles. The van der Waals surface area contributed by atoms with Crippen LogP contribution < -0.4 is 16.6 Å². The second kappa shape index (κ2) is 6.29. The lowest BCUT2D eigenvalue weighted by Gasteiger charge is -2.09. The number of pyridine rings is 1. The largest absolute Gasteiger partial charge is 0.376 e. The van der Waals surface area contributed by atoms with Crippen molar-refractivity contribution in [3.8, 4) is 16.9 Å². The van der Waals surface area contributed by atoms with Crippen molar-refractivity contribution in [3.05, 3.63) is 64.6 Å². The van der Waals surface area contributed by atoms with Gasteiger partial charge >= 0.3 is 0 Å². The van der Waals surface area contributed by atoms with Gasteiger partial charge < -0.3 is 15.6 Å². The first kappa shape index (κ1) is 15.9. The van der Waals surface area contributed by atoms with Crippen LogP contribution in [-0.2, 0) is 7.05 Å². The fourth-order valence-electron chi connectivity index (χ4n) is 2.52. The van der Waals surface area contributed by atoms with Crippen molar-refractivity contribution in [2.45, 2.75) is 6.92 Å². The van der Waals surface area contributed by atoms with E-state index in [0.717, 1.165) is 22.5 Å². The molecule has 0 bridgehead atoms. The van der Waals surface area contributed by atoms with Crippen molar-refractivity contribution in [2.24, 2.45) is 12.8 Å². The molecule has 2 aromatic heterocycles. The Balaban J connectivity index is 2.21.